The first-order valence-electron chi connectivity index (χ1n) is 4.58. The molecule has 0 aromatic carbocycles. The molecule has 66 valence electrons. The van der Waals surface area contributed by atoms with Gasteiger partial charge < -0.3 is 10.2 Å². The number of nitrogens with zero attached hydrogens (tertiary/aromatic N) is 1. The first-order valence-corrected chi connectivity index (χ1v) is 4.58. The van der Waals surface area contributed by atoms with E-state index in [9.17, 15) is 0 Å². The molecule has 2 unspecified atom stereocenters. The van der Waals surface area contributed by atoms with E-state index in [1.807, 2.05) is 0 Å². The Hall–Kier alpha value is -0.0800. The normalized spacial score (nSPS) is 32.7. The Balaban J connectivity index is 2.29. The minimum atomic E-state index is 0.714. The summed E-state index contributed by atoms with van der Waals surface area (Å²) in [5.41, 5.74) is 0. The molecule has 1 fully saturated rings. The first kappa shape index (κ1) is 9.01. The maximum Gasteiger partial charge on any atom is 0.00792 e. The third kappa shape index (κ3) is 2.80. The van der Waals surface area contributed by atoms with Crippen molar-refractivity contribution in [3.8, 4) is 0 Å². The molecule has 0 amide bonds. The van der Waals surface area contributed by atoms with Crippen molar-refractivity contribution in [2.45, 2.75) is 25.8 Å². The Bertz CT molecular complexity index is 112. The maximum absolute atomic E-state index is 3.51. The largest absolute Gasteiger partial charge is 0.314 e. The third-order valence-electron chi connectivity index (χ3n) is 2.52. The molecule has 0 spiro atoms. The Morgan fingerprint density at radius 3 is 2.73 bits per heavy atom. The Labute approximate surface area is 70.0 Å². The van der Waals surface area contributed by atoms with Crippen LogP contribution in [0.3, 0.4) is 0 Å². The van der Waals surface area contributed by atoms with Crippen LogP contribution in [0.15, 0.2) is 0 Å². The standard InChI is InChI=1S/C9H20N2/c1-8-9(7-11(2)3)5-4-6-10-8/h8-10H,4-7H2,1-3H3. The van der Waals surface area contributed by atoms with Crippen molar-refractivity contribution in [1.82, 2.24) is 10.2 Å². The first-order chi connectivity index (χ1) is 5.20. The molecule has 1 rings (SSSR count). The number of nitrogens with one attached hydrogen (secondary N) is 1. The van der Waals surface area contributed by atoms with Crippen molar-refractivity contribution in [2.75, 3.05) is 27.2 Å². The van der Waals surface area contributed by atoms with E-state index in [4.69, 9.17) is 0 Å². The maximum atomic E-state index is 3.51. The zero-order chi connectivity index (χ0) is 8.27. The lowest BCUT2D eigenvalue weighted by atomic mass is 9.92. The van der Waals surface area contributed by atoms with Crippen molar-refractivity contribution in [3.63, 3.8) is 0 Å². The smallest absolute Gasteiger partial charge is 0.00792 e. The quantitative estimate of drug-likeness (QED) is 0.640. The molecular formula is C9H20N2. The molecule has 2 heteroatoms. The summed E-state index contributed by atoms with van der Waals surface area (Å²) in [6.07, 6.45) is 2.75. The molecule has 0 aromatic rings. The average Bonchev–Trinajstić information content (AvgIpc) is 1.93. The van der Waals surface area contributed by atoms with E-state index in [0.29, 0.717) is 6.04 Å². The third-order valence-corrected chi connectivity index (χ3v) is 2.52. The minimum Gasteiger partial charge on any atom is -0.314 e. The van der Waals surface area contributed by atoms with Crippen LogP contribution >= 0.6 is 0 Å². The summed E-state index contributed by atoms with van der Waals surface area (Å²) in [6, 6.07) is 0.714. The molecule has 0 saturated carbocycles. The van der Waals surface area contributed by atoms with Crippen molar-refractivity contribution in [1.29, 1.82) is 0 Å². The van der Waals surface area contributed by atoms with Gasteiger partial charge in [0, 0.05) is 12.6 Å². The lowest BCUT2D eigenvalue weighted by molar-refractivity contribution is 0.228. The van der Waals surface area contributed by atoms with E-state index in [1.165, 1.54) is 25.9 Å². The van der Waals surface area contributed by atoms with Crippen LogP contribution in [0.5, 0.6) is 0 Å². The fourth-order valence-electron chi connectivity index (χ4n) is 1.83. The van der Waals surface area contributed by atoms with E-state index in [1.54, 1.807) is 0 Å². The molecule has 1 N–H and O–H groups in total. The summed E-state index contributed by atoms with van der Waals surface area (Å²) in [5, 5.41) is 3.51. The van der Waals surface area contributed by atoms with Crippen molar-refractivity contribution >= 4 is 0 Å². The predicted octanol–water partition coefficient (Wildman–Crippen LogP) is 0.936. The van der Waals surface area contributed by atoms with Gasteiger partial charge in [0.1, 0.15) is 0 Å². The van der Waals surface area contributed by atoms with Crippen LogP contribution in [0.2, 0.25) is 0 Å². The number of piperidine rings is 1. The van der Waals surface area contributed by atoms with Crippen LogP contribution in [0, 0.1) is 5.92 Å². The molecule has 11 heavy (non-hydrogen) atoms. The Morgan fingerprint density at radius 2 is 2.18 bits per heavy atom. The SMILES string of the molecule is CC1NCCCC1CN(C)C. The highest BCUT2D eigenvalue weighted by Crippen LogP contribution is 2.16. The summed E-state index contributed by atoms with van der Waals surface area (Å²) < 4.78 is 0. The number of rotatable bonds is 2. The van der Waals surface area contributed by atoms with Gasteiger partial charge in [-0.2, -0.15) is 0 Å². The number of hydrogen-bond donors (Lipinski definition) is 1. The van der Waals surface area contributed by atoms with Crippen molar-refractivity contribution in [3.05, 3.63) is 0 Å². The summed E-state index contributed by atoms with van der Waals surface area (Å²) in [7, 11) is 4.31. The molecule has 1 saturated heterocycles. The lowest BCUT2D eigenvalue weighted by Crippen LogP contribution is -2.43. The average molecular weight is 156 g/mol. The Morgan fingerprint density at radius 1 is 1.45 bits per heavy atom. The van der Waals surface area contributed by atoms with Crippen molar-refractivity contribution in [2.24, 2.45) is 5.92 Å². The number of hydrogen-bond acceptors (Lipinski definition) is 2. The van der Waals surface area contributed by atoms with Gasteiger partial charge >= 0.3 is 0 Å². The zero-order valence-electron chi connectivity index (χ0n) is 7.93. The van der Waals surface area contributed by atoms with Crippen molar-refractivity contribution < 1.29 is 0 Å². The molecule has 1 aliphatic rings. The molecule has 1 heterocycles. The van der Waals surface area contributed by atoms with E-state index in [0.717, 1.165) is 5.92 Å². The highest BCUT2D eigenvalue weighted by molar-refractivity contribution is 4.78. The van der Waals surface area contributed by atoms with Crippen LogP contribution in [-0.4, -0.2) is 38.1 Å². The second-order valence-corrected chi connectivity index (χ2v) is 3.91. The predicted molar refractivity (Wildman–Crippen MR) is 48.7 cm³/mol. The van der Waals surface area contributed by atoms with Gasteiger partial charge in [-0.3, -0.25) is 0 Å². The molecule has 2 nitrogen and oxygen atoms in total. The van der Waals surface area contributed by atoms with E-state index < -0.39 is 0 Å². The van der Waals surface area contributed by atoms with Gasteiger partial charge in [-0.25, -0.2) is 0 Å². The highest BCUT2D eigenvalue weighted by Gasteiger charge is 2.20. The Kier molecular flexibility index (Phi) is 3.34. The molecule has 0 radical (unpaired) electrons. The van der Waals surface area contributed by atoms with Gasteiger partial charge in [0.15, 0.2) is 0 Å². The summed E-state index contributed by atoms with van der Waals surface area (Å²) in [5.74, 6) is 0.860. The summed E-state index contributed by atoms with van der Waals surface area (Å²) in [6.45, 7) is 4.74. The molecule has 1 aliphatic heterocycles. The topological polar surface area (TPSA) is 15.3 Å². The van der Waals surface area contributed by atoms with E-state index in [-0.39, 0.29) is 0 Å². The minimum absolute atomic E-state index is 0.714. The molecule has 0 aliphatic carbocycles. The summed E-state index contributed by atoms with van der Waals surface area (Å²) in [4.78, 5) is 2.29. The van der Waals surface area contributed by atoms with Crippen LogP contribution in [0.25, 0.3) is 0 Å². The highest BCUT2D eigenvalue weighted by atomic mass is 15.1. The van der Waals surface area contributed by atoms with Gasteiger partial charge in [0.05, 0.1) is 0 Å². The van der Waals surface area contributed by atoms with Gasteiger partial charge in [0.2, 0.25) is 0 Å². The zero-order valence-corrected chi connectivity index (χ0v) is 7.93. The summed E-state index contributed by atoms with van der Waals surface area (Å²) >= 11 is 0. The second-order valence-electron chi connectivity index (χ2n) is 3.91. The van der Waals surface area contributed by atoms with Crippen LogP contribution in [0.4, 0.5) is 0 Å². The molecular weight excluding hydrogens is 136 g/mol. The van der Waals surface area contributed by atoms with E-state index in [2.05, 4.69) is 31.2 Å². The fourth-order valence-corrected chi connectivity index (χ4v) is 1.83. The lowest BCUT2D eigenvalue weighted by Gasteiger charge is -2.31. The molecule has 0 aromatic heterocycles. The van der Waals surface area contributed by atoms with Crippen LogP contribution < -0.4 is 5.32 Å². The fraction of sp³-hybridized carbons (Fsp3) is 1.00. The van der Waals surface area contributed by atoms with Gasteiger partial charge in [-0.1, -0.05) is 0 Å². The van der Waals surface area contributed by atoms with Crippen LogP contribution in [-0.2, 0) is 0 Å². The van der Waals surface area contributed by atoms with Crippen LogP contribution in [0.1, 0.15) is 19.8 Å². The van der Waals surface area contributed by atoms with Gasteiger partial charge in [-0.05, 0) is 46.3 Å². The second kappa shape index (κ2) is 4.07. The van der Waals surface area contributed by atoms with Gasteiger partial charge in [-0.15, -0.1) is 0 Å². The molecule has 2 atom stereocenters. The monoisotopic (exact) mass is 156 g/mol. The van der Waals surface area contributed by atoms with Gasteiger partial charge in [0.25, 0.3) is 0 Å². The molecule has 0 bridgehead atoms. The van der Waals surface area contributed by atoms with E-state index >= 15 is 0 Å².